The molecule has 1 unspecified atom stereocenters. The lowest BCUT2D eigenvalue weighted by molar-refractivity contribution is 0.0665. The normalized spacial score (nSPS) is 13.2. The Hall–Kier alpha value is -0.950. The number of hydrogen-bond donors (Lipinski definition) is 1. The second-order valence-corrected chi connectivity index (χ2v) is 5.77. The van der Waals surface area contributed by atoms with Gasteiger partial charge in [-0.25, -0.2) is 0 Å². The maximum absolute atomic E-state index is 5.91. The minimum atomic E-state index is -0.389. The summed E-state index contributed by atoms with van der Waals surface area (Å²) >= 11 is 7.23. The maximum Gasteiger partial charge on any atom is 0.268 e. The monoisotopic (exact) mass is 287 g/mol. The molecular formula is C11H14ClN3O2S. The zero-order chi connectivity index (χ0) is 13.1. The van der Waals surface area contributed by atoms with Crippen LogP contribution in [-0.2, 0) is 4.74 Å². The number of halogens is 1. The van der Waals surface area contributed by atoms with Crippen molar-refractivity contribution in [2.45, 2.75) is 26.0 Å². The lowest BCUT2D eigenvalue weighted by Crippen LogP contribution is -2.20. The molecule has 0 aliphatic heterocycles. The van der Waals surface area contributed by atoms with Gasteiger partial charge in [0.1, 0.15) is 0 Å². The average Bonchev–Trinajstić information content (AvgIpc) is 2.93. The van der Waals surface area contributed by atoms with E-state index < -0.39 is 0 Å². The lowest BCUT2D eigenvalue weighted by atomic mass is 10.3. The lowest BCUT2D eigenvalue weighted by Gasteiger charge is -2.10. The van der Waals surface area contributed by atoms with E-state index in [1.807, 2.05) is 19.9 Å². The van der Waals surface area contributed by atoms with E-state index >= 15 is 0 Å². The fourth-order valence-corrected chi connectivity index (χ4v) is 2.25. The molecule has 2 aromatic rings. The predicted octanol–water partition coefficient (Wildman–Crippen LogP) is 2.88. The summed E-state index contributed by atoms with van der Waals surface area (Å²) in [6.07, 6.45) is 0.124. The van der Waals surface area contributed by atoms with Crippen LogP contribution in [0.15, 0.2) is 16.7 Å². The molecule has 2 rings (SSSR count). The molecule has 5 nitrogen and oxygen atoms in total. The smallest absolute Gasteiger partial charge is 0.268 e. The highest BCUT2D eigenvalue weighted by atomic mass is 35.5. The van der Waals surface area contributed by atoms with Crippen LogP contribution >= 0.6 is 22.9 Å². The molecule has 98 valence electrons. The van der Waals surface area contributed by atoms with Gasteiger partial charge in [0.25, 0.3) is 5.89 Å². The number of nitrogens with zero attached hydrogens (tertiary/aromatic N) is 2. The van der Waals surface area contributed by atoms with Crippen LogP contribution in [0.2, 0.25) is 4.34 Å². The fourth-order valence-electron chi connectivity index (χ4n) is 1.29. The van der Waals surface area contributed by atoms with Gasteiger partial charge in [0.05, 0.1) is 28.0 Å². The molecule has 0 aliphatic rings. The minimum Gasteiger partial charge on any atom is -0.377 e. The SMILES string of the molecule is CC(C)OCC(N)c1noc(-c2ccc(Cl)s2)n1. The van der Waals surface area contributed by atoms with E-state index in [2.05, 4.69) is 10.1 Å². The maximum atomic E-state index is 5.91. The minimum absolute atomic E-state index is 0.124. The Bertz CT molecular complexity index is 512. The van der Waals surface area contributed by atoms with Crippen molar-refractivity contribution in [3.8, 4) is 10.8 Å². The number of hydrogen-bond acceptors (Lipinski definition) is 6. The molecule has 0 radical (unpaired) electrons. The molecule has 0 saturated carbocycles. The zero-order valence-electron chi connectivity index (χ0n) is 10.1. The molecule has 0 fully saturated rings. The number of rotatable bonds is 5. The van der Waals surface area contributed by atoms with Crippen LogP contribution in [0.1, 0.15) is 25.7 Å². The van der Waals surface area contributed by atoms with Gasteiger partial charge in [-0.1, -0.05) is 16.8 Å². The van der Waals surface area contributed by atoms with Gasteiger partial charge in [0.15, 0.2) is 5.82 Å². The molecule has 0 amide bonds. The van der Waals surface area contributed by atoms with Crippen molar-refractivity contribution in [2.24, 2.45) is 5.73 Å². The number of thiophene rings is 1. The van der Waals surface area contributed by atoms with Gasteiger partial charge in [-0.3, -0.25) is 0 Å². The quantitative estimate of drug-likeness (QED) is 0.915. The molecule has 2 aromatic heterocycles. The third kappa shape index (κ3) is 3.29. The van der Waals surface area contributed by atoms with Crippen molar-refractivity contribution in [2.75, 3.05) is 6.61 Å². The molecular weight excluding hydrogens is 274 g/mol. The second-order valence-electron chi connectivity index (χ2n) is 4.05. The van der Waals surface area contributed by atoms with Gasteiger partial charge < -0.3 is 15.0 Å². The Kier molecular flexibility index (Phi) is 4.34. The van der Waals surface area contributed by atoms with Crippen LogP contribution in [0.5, 0.6) is 0 Å². The highest BCUT2D eigenvalue weighted by Gasteiger charge is 2.17. The van der Waals surface area contributed by atoms with Gasteiger partial charge in [0.2, 0.25) is 0 Å². The van der Waals surface area contributed by atoms with Gasteiger partial charge >= 0.3 is 0 Å². The molecule has 0 spiro atoms. The fraction of sp³-hybridized carbons (Fsp3) is 0.455. The predicted molar refractivity (Wildman–Crippen MR) is 70.6 cm³/mol. The first-order chi connectivity index (χ1) is 8.56. The van der Waals surface area contributed by atoms with E-state index in [0.29, 0.717) is 22.7 Å². The molecule has 18 heavy (non-hydrogen) atoms. The van der Waals surface area contributed by atoms with Gasteiger partial charge in [-0.15, -0.1) is 11.3 Å². The Morgan fingerprint density at radius 3 is 2.89 bits per heavy atom. The highest BCUT2D eigenvalue weighted by Crippen LogP contribution is 2.30. The van der Waals surface area contributed by atoms with Crippen molar-refractivity contribution >= 4 is 22.9 Å². The molecule has 0 aliphatic carbocycles. The van der Waals surface area contributed by atoms with E-state index in [4.69, 9.17) is 26.6 Å². The Morgan fingerprint density at radius 2 is 2.28 bits per heavy atom. The molecule has 7 heteroatoms. The number of nitrogens with two attached hydrogens (primary N) is 1. The van der Waals surface area contributed by atoms with Crippen molar-refractivity contribution < 1.29 is 9.26 Å². The van der Waals surface area contributed by atoms with Gasteiger partial charge in [0, 0.05) is 0 Å². The van der Waals surface area contributed by atoms with E-state index in [1.165, 1.54) is 11.3 Å². The van der Waals surface area contributed by atoms with Gasteiger partial charge in [-0.05, 0) is 26.0 Å². The molecule has 1 atom stereocenters. The van der Waals surface area contributed by atoms with Crippen LogP contribution in [0, 0.1) is 0 Å². The highest BCUT2D eigenvalue weighted by molar-refractivity contribution is 7.19. The van der Waals surface area contributed by atoms with Crippen LogP contribution < -0.4 is 5.73 Å². The van der Waals surface area contributed by atoms with E-state index in [0.717, 1.165) is 4.88 Å². The molecule has 2 heterocycles. The largest absolute Gasteiger partial charge is 0.377 e. The standard InChI is InChI=1S/C11H14ClN3O2S/c1-6(2)16-5-7(13)10-14-11(17-15-10)8-3-4-9(12)18-8/h3-4,6-7H,5,13H2,1-2H3. The molecule has 0 saturated heterocycles. The molecule has 0 aromatic carbocycles. The summed E-state index contributed by atoms with van der Waals surface area (Å²) in [6, 6.07) is 3.23. The van der Waals surface area contributed by atoms with Crippen LogP contribution in [0.3, 0.4) is 0 Å². The third-order valence-corrected chi connectivity index (χ3v) is 3.39. The van der Waals surface area contributed by atoms with Crippen LogP contribution in [0.4, 0.5) is 0 Å². The number of aromatic nitrogens is 2. The van der Waals surface area contributed by atoms with E-state index in [-0.39, 0.29) is 12.1 Å². The summed E-state index contributed by atoms with van der Waals surface area (Å²) in [5.41, 5.74) is 5.91. The summed E-state index contributed by atoms with van der Waals surface area (Å²) in [5, 5.41) is 3.85. The van der Waals surface area contributed by atoms with Gasteiger partial charge in [-0.2, -0.15) is 4.98 Å². The topological polar surface area (TPSA) is 74.2 Å². The Morgan fingerprint density at radius 1 is 1.50 bits per heavy atom. The summed E-state index contributed by atoms with van der Waals surface area (Å²) in [4.78, 5) is 5.07. The van der Waals surface area contributed by atoms with Crippen LogP contribution in [-0.4, -0.2) is 22.9 Å². The van der Waals surface area contributed by atoms with E-state index in [1.54, 1.807) is 6.07 Å². The third-order valence-electron chi connectivity index (χ3n) is 2.17. The van der Waals surface area contributed by atoms with Crippen molar-refractivity contribution in [1.82, 2.24) is 10.1 Å². The van der Waals surface area contributed by atoms with Crippen molar-refractivity contribution in [3.05, 3.63) is 22.3 Å². The van der Waals surface area contributed by atoms with Crippen LogP contribution in [0.25, 0.3) is 10.8 Å². The summed E-state index contributed by atoms with van der Waals surface area (Å²) in [5.74, 6) is 0.872. The Balaban J connectivity index is 2.06. The average molecular weight is 288 g/mol. The van der Waals surface area contributed by atoms with Crippen molar-refractivity contribution in [1.29, 1.82) is 0 Å². The first-order valence-corrected chi connectivity index (χ1v) is 6.72. The Labute approximate surface area is 114 Å². The first-order valence-electron chi connectivity index (χ1n) is 5.52. The summed E-state index contributed by atoms with van der Waals surface area (Å²) in [7, 11) is 0. The number of ether oxygens (including phenoxy) is 1. The molecule has 0 bridgehead atoms. The summed E-state index contributed by atoms with van der Waals surface area (Å²) in [6.45, 7) is 4.26. The summed E-state index contributed by atoms with van der Waals surface area (Å²) < 4.78 is 11.2. The second kappa shape index (κ2) is 5.79. The first kappa shape index (κ1) is 13.5. The zero-order valence-corrected chi connectivity index (χ0v) is 11.7. The molecule has 2 N–H and O–H groups in total. The van der Waals surface area contributed by atoms with E-state index in [9.17, 15) is 0 Å². The van der Waals surface area contributed by atoms with Crippen molar-refractivity contribution in [3.63, 3.8) is 0 Å².